The van der Waals surface area contributed by atoms with Crippen molar-refractivity contribution in [1.29, 1.82) is 0 Å². The molecule has 0 saturated carbocycles. The second-order valence-electron chi connectivity index (χ2n) is 5.80. The molecule has 1 aliphatic rings. The SMILES string of the molecule is CCNC(=O)[C@@H]1C[C@@H](N)CN1S(=O)(=O)c1cc(C)cc(C)c1. The van der Waals surface area contributed by atoms with E-state index in [-0.39, 0.29) is 23.4 Å². The lowest BCUT2D eigenvalue weighted by molar-refractivity contribution is -0.124. The van der Waals surface area contributed by atoms with Crippen LogP contribution in [0.5, 0.6) is 0 Å². The number of nitrogens with one attached hydrogen (secondary N) is 1. The highest BCUT2D eigenvalue weighted by Gasteiger charge is 2.42. The first-order valence-corrected chi connectivity index (χ1v) is 8.83. The maximum atomic E-state index is 12.9. The van der Waals surface area contributed by atoms with Gasteiger partial charge in [-0.2, -0.15) is 4.31 Å². The Bertz CT molecular complexity index is 652. The molecule has 0 aliphatic carbocycles. The van der Waals surface area contributed by atoms with E-state index in [1.165, 1.54) is 4.31 Å². The Morgan fingerprint density at radius 3 is 2.45 bits per heavy atom. The highest BCUT2D eigenvalue weighted by molar-refractivity contribution is 7.89. The van der Waals surface area contributed by atoms with Crippen LogP contribution in [0.4, 0.5) is 0 Å². The van der Waals surface area contributed by atoms with E-state index in [1.807, 2.05) is 19.9 Å². The molecular weight excluding hydrogens is 302 g/mol. The maximum Gasteiger partial charge on any atom is 0.243 e. The van der Waals surface area contributed by atoms with Gasteiger partial charge in [-0.25, -0.2) is 8.42 Å². The standard InChI is InChI=1S/C15H23N3O3S/c1-4-17-15(19)14-8-12(16)9-18(14)22(20,21)13-6-10(2)5-11(3)7-13/h5-7,12,14H,4,8-9,16H2,1-3H3,(H,17,19)/t12-,14+/m1/s1. The first-order valence-electron chi connectivity index (χ1n) is 7.39. The summed E-state index contributed by atoms with van der Waals surface area (Å²) in [6.45, 7) is 6.13. The van der Waals surface area contributed by atoms with Crippen molar-refractivity contribution < 1.29 is 13.2 Å². The predicted octanol–water partition coefficient (Wildman–Crippen LogP) is 0.530. The van der Waals surface area contributed by atoms with E-state index in [1.54, 1.807) is 19.1 Å². The Balaban J connectivity index is 2.40. The van der Waals surface area contributed by atoms with Crippen molar-refractivity contribution in [3.63, 3.8) is 0 Å². The largest absolute Gasteiger partial charge is 0.355 e. The van der Waals surface area contributed by atoms with E-state index in [0.29, 0.717) is 13.0 Å². The van der Waals surface area contributed by atoms with Gasteiger partial charge in [-0.1, -0.05) is 6.07 Å². The Kier molecular flexibility index (Phi) is 4.89. The molecular formula is C15H23N3O3S. The topological polar surface area (TPSA) is 92.5 Å². The number of carbonyl (C=O) groups is 1. The van der Waals surface area contributed by atoms with E-state index >= 15 is 0 Å². The van der Waals surface area contributed by atoms with Crippen LogP contribution in [-0.2, 0) is 14.8 Å². The van der Waals surface area contributed by atoms with Crippen molar-refractivity contribution in [2.45, 2.75) is 44.2 Å². The number of likely N-dealkylation sites (N-methyl/N-ethyl adjacent to an activating group) is 1. The first-order chi connectivity index (χ1) is 10.3. The number of carbonyl (C=O) groups excluding carboxylic acids is 1. The van der Waals surface area contributed by atoms with E-state index in [0.717, 1.165) is 11.1 Å². The van der Waals surface area contributed by atoms with E-state index in [2.05, 4.69) is 5.32 Å². The molecule has 122 valence electrons. The molecule has 6 nitrogen and oxygen atoms in total. The van der Waals surface area contributed by atoms with Crippen molar-refractivity contribution in [3.05, 3.63) is 29.3 Å². The van der Waals surface area contributed by atoms with Gasteiger partial charge in [0, 0.05) is 19.1 Å². The second kappa shape index (κ2) is 6.36. The zero-order valence-electron chi connectivity index (χ0n) is 13.2. The van der Waals surface area contributed by atoms with Gasteiger partial charge in [0.1, 0.15) is 6.04 Å². The third-order valence-electron chi connectivity index (χ3n) is 3.74. The molecule has 0 aromatic heterocycles. The third kappa shape index (κ3) is 3.31. The summed E-state index contributed by atoms with van der Waals surface area (Å²) in [5, 5.41) is 2.68. The number of sulfonamides is 1. The van der Waals surface area contributed by atoms with E-state index in [4.69, 9.17) is 5.73 Å². The van der Waals surface area contributed by atoms with Gasteiger partial charge in [0.05, 0.1) is 4.90 Å². The number of hydrogen-bond donors (Lipinski definition) is 2. The van der Waals surface area contributed by atoms with Crippen molar-refractivity contribution in [1.82, 2.24) is 9.62 Å². The molecule has 0 spiro atoms. The van der Waals surface area contributed by atoms with Crippen molar-refractivity contribution in [3.8, 4) is 0 Å². The number of hydrogen-bond acceptors (Lipinski definition) is 4. The smallest absolute Gasteiger partial charge is 0.243 e. The molecule has 1 fully saturated rings. The van der Waals surface area contributed by atoms with E-state index < -0.39 is 16.1 Å². The third-order valence-corrected chi connectivity index (χ3v) is 5.60. The molecule has 0 radical (unpaired) electrons. The maximum absolute atomic E-state index is 12.9. The minimum Gasteiger partial charge on any atom is -0.355 e. The lowest BCUT2D eigenvalue weighted by Crippen LogP contribution is -2.45. The van der Waals surface area contributed by atoms with Crippen LogP contribution in [0.2, 0.25) is 0 Å². The first kappa shape index (κ1) is 16.9. The summed E-state index contributed by atoms with van der Waals surface area (Å²) in [5.74, 6) is -0.289. The molecule has 1 saturated heterocycles. The van der Waals surface area contributed by atoms with Crippen LogP contribution in [0.1, 0.15) is 24.5 Å². The van der Waals surface area contributed by atoms with Gasteiger partial charge in [0.15, 0.2) is 0 Å². The minimum atomic E-state index is -3.74. The zero-order chi connectivity index (χ0) is 16.5. The fraction of sp³-hybridized carbons (Fsp3) is 0.533. The molecule has 0 bridgehead atoms. The molecule has 1 heterocycles. The Morgan fingerprint density at radius 2 is 1.91 bits per heavy atom. The fourth-order valence-electron chi connectivity index (χ4n) is 2.85. The quantitative estimate of drug-likeness (QED) is 0.844. The molecule has 1 aliphatic heterocycles. The van der Waals surface area contributed by atoms with Crippen LogP contribution in [0.25, 0.3) is 0 Å². The van der Waals surface area contributed by atoms with Crippen molar-refractivity contribution in [2.24, 2.45) is 5.73 Å². The fourth-order valence-corrected chi connectivity index (χ4v) is 4.69. The summed E-state index contributed by atoms with van der Waals surface area (Å²) in [6, 6.07) is 4.10. The molecule has 0 unspecified atom stereocenters. The number of nitrogens with zero attached hydrogens (tertiary/aromatic N) is 1. The average molecular weight is 325 g/mol. The summed E-state index contributed by atoms with van der Waals surface area (Å²) in [7, 11) is -3.74. The summed E-state index contributed by atoms with van der Waals surface area (Å²) in [4.78, 5) is 12.4. The Morgan fingerprint density at radius 1 is 1.32 bits per heavy atom. The van der Waals surface area contributed by atoms with Gasteiger partial charge in [-0.15, -0.1) is 0 Å². The Hall–Kier alpha value is -1.44. The Labute approximate surface area is 131 Å². The molecule has 2 atom stereocenters. The highest BCUT2D eigenvalue weighted by atomic mass is 32.2. The van der Waals surface area contributed by atoms with Crippen LogP contribution < -0.4 is 11.1 Å². The molecule has 7 heteroatoms. The molecule has 1 aromatic carbocycles. The predicted molar refractivity (Wildman–Crippen MR) is 84.9 cm³/mol. The van der Waals surface area contributed by atoms with Gasteiger partial charge >= 0.3 is 0 Å². The van der Waals surface area contributed by atoms with Crippen LogP contribution in [0.15, 0.2) is 23.1 Å². The van der Waals surface area contributed by atoms with Crippen LogP contribution in [0, 0.1) is 13.8 Å². The van der Waals surface area contributed by atoms with Crippen molar-refractivity contribution >= 4 is 15.9 Å². The summed E-state index contributed by atoms with van der Waals surface area (Å²) in [5.41, 5.74) is 7.64. The van der Waals surface area contributed by atoms with Crippen LogP contribution in [-0.4, -0.2) is 43.8 Å². The van der Waals surface area contributed by atoms with Crippen LogP contribution >= 0.6 is 0 Å². The summed E-state index contributed by atoms with van der Waals surface area (Å²) < 4.78 is 27.0. The number of aryl methyl sites for hydroxylation is 2. The monoisotopic (exact) mass is 325 g/mol. The van der Waals surface area contributed by atoms with Gasteiger partial charge in [0.2, 0.25) is 15.9 Å². The molecule has 1 aromatic rings. The normalized spacial score (nSPS) is 22.7. The van der Waals surface area contributed by atoms with Crippen LogP contribution in [0.3, 0.4) is 0 Å². The van der Waals surface area contributed by atoms with E-state index in [9.17, 15) is 13.2 Å². The van der Waals surface area contributed by atoms with Gasteiger partial charge < -0.3 is 11.1 Å². The number of amides is 1. The minimum absolute atomic E-state index is 0.164. The second-order valence-corrected chi connectivity index (χ2v) is 7.69. The average Bonchev–Trinajstić information content (AvgIpc) is 2.81. The number of benzene rings is 1. The van der Waals surface area contributed by atoms with Gasteiger partial charge in [-0.3, -0.25) is 4.79 Å². The molecule has 1 amide bonds. The molecule has 3 N–H and O–H groups in total. The molecule has 22 heavy (non-hydrogen) atoms. The summed E-state index contributed by atoms with van der Waals surface area (Å²) >= 11 is 0. The number of nitrogens with two attached hydrogens (primary N) is 1. The van der Waals surface area contributed by atoms with Gasteiger partial charge in [-0.05, 0) is 50.5 Å². The lowest BCUT2D eigenvalue weighted by Gasteiger charge is -2.23. The lowest BCUT2D eigenvalue weighted by atomic mass is 10.2. The van der Waals surface area contributed by atoms with Gasteiger partial charge in [0.25, 0.3) is 0 Å². The summed E-state index contributed by atoms with van der Waals surface area (Å²) in [6.07, 6.45) is 0.343. The highest BCUT2D eigenvalue weighted by Crippen LogP contribution is 2.27. The molecule has 2 rings (SSSR count). The van der Waals surface area contributed by atoms with Crippen molar-refractivity contribution in [2.75, 3.05) is 13.1 Å². The number of rotatable bonds is 4. The zero-order valence-corrected chi connectivity index (χ0v) is 14.0.